The van der Waals surface area contributed by atoms with E-state index in [4.69, 9.17) is 21.1 Å². The second-order valence-corrected chi connectivity index (χ2v) is 10.4. The van der Waals surface area contributed by atoms with Gasteiger partial charge in [-0.1, -0.05) is 36.5 Å². The summed E-state index contributed by atoms with van der Waals surface area (Å²) in [6.45, 7) is 5.24. The molecule has 1 saturated carbocycles. The summed E-state index contributed by atoms with van der Waals surface area (Å²) >= 11 is 6.61. The zero-order valence-electron chi connectivity index (χ0n) is 19.7. The van der Waals surface area contributed by atoms with E-state index in [-0.39, 0.29) is 11.6 Å². The molecular formula is C25H28ClN7O2. The number of hydrogen-bond acceptors (Lipinski definition) is 7. The maximum absolute atomic E-state index is 11.6. The van der Waals surface area contributed by atoms with Gasteiger partial charge in [-0.2, -0.15) is 0 Å². The van der Waals surface area contributed by atoms with Gasteiger partial charge in [-0.15, -0.1) is 0 Å². The number of nitrogens with zero attached hydrogens (tertiary/aromatic N) is 6. The normalized spacial score (nSPS) is 20.7. The molecular weight excluding hydrogens is 466 g/mol. The van der Waals surface area contributed by atoms with Crippen molar-refractivity contribution in [2.75, 3.05) is 18.0 Å². The number of hydrogen-bond donors (Lipinski definition) is 1. The lowest BCUT2D eigenvalue weighted by atomic mass is 9.83. The van der Waals surface area contributed by atoms with Crippen LogP contribution in [0.3, 0.4) is 0 Å². The van der Waals surface area contributed by atoms with E-state index in [1.54, 1.807) is 0 Å². The van der Waals surface area contributed by atoms with Gasteiger partial charge in [0.15, 0.2) is 5.65 Å². The van der Waals surface area contributed by atoms with Crippen molar-refractivity contribution in [3.05, 3.63) is 40.1 Å². The highest BCUT2D eigenvalue weighted by molar-refractivity contribution is 6.31. The van der Waals surface area contributed by atoms with Gasteiger partial charge in [-0.3, -0.25) is 9.51 Å². The number of benzene rings is 1. The van der Waals surface area contributed by atoms with Crippen LogP contribution < -0.4 is 10.7 Å². The summed E-state index contributed by atoms with van der Waals surface area (Å²) in [6, 6.07) is 6.07. The van der Waals surface area contributed by atoms with Crippen LogP contribution >= 0.6 is 11.6 Å². The van der Waals surface area contributed by atoms with Crippen molar-refractivity contribution in [1.29, 1.82) is 0 Å². The summed E-state index contributed by atoms with van der Waals surface area (Å²) < 4.78 is 6.88. The Hall–Kier alpha value is -3.20. The first-order chi connectivity index (χ1) is 17.0. The number of aromatic nitrogens is 6. The van der Waals surface area contributed by atoms with Crippen LogP contribution in [0.5, 0.6) is 0 Å². The third kappa shape index (κ3) is 4.45. The molecule has 6 rings (SSSR count). The number of fused-ring (bicyclic) bond motifs is 1. The van der Waals surface area contributed by atoms with Gasteiger partial charge in [0.25, 0.3) is 0 Å². The van der Waals surface area contributed by atoms with Gasteiger partial charge < -0.3 is 9.47 Å². The Bertz CT molecular complexity index is 1410. The summed E-state index contributed by atoms with van der Waals surface area (Å²) in [5.74, 6) is 1.18. The Balaban J connectivity index is 1.49. The molecule has 1 aromatic carbocycles. The SMILES string of the molecule is C[C@H]1CC[C@H](Cn2cnc3nc(-c4noc(=O)[nH]4)nc(-c4cc(Cl)cc(N5CCCC5)c4)c32)CC1. The van der Waals surface area contributed by atoms with Gasteiger partial charge in [0, 0.05) is 35.9 Å². The lowest BCUT2D eigenvalue weighted by Gasteiger charge is -2.26. The van der Waals surface area contributed by atoms with E-state index in [9.17, 15) is 4.79 Å². The molecule has 35 heavy (non-hydrogen) atoms. The zero-order valence-corrected chi connectivity index (χ0v) is 20.5. The van der Waals surface area contributed by atoms with E-state index in [0.717, 1.165) is 48.0 Å². The minimum Gasteiger partial charge on any atom is -0.371 e. The average molecular weight is 494 g/mol. The highest BCUT2D eigenvalue weighted by atomic mass is 35.5. The van der Waals surface area contributed by atoms with Crippen molar-refractivity contribution in [1.82, 2.24) is 29.7 Å². The number of anilines is 1. The van der Waals surface area contributed by atoms with Crippen LogP contribution in [-0.2, 0) is 6.54 Å². The molecule has 0 amide bonds. The van der Waals surface area contributed by atoms with E-state index < -0.39 is 5.76 Å². The number of H-pyrrole nitrogens is 1. The predicted molar refractivity (Wildman–Crippen MR) is 134 cm³/mol. The topological polar surface area (TPSA) is 106 Å². The van der Waals surface area contributed by atoms with Crippen molar-refractivity contribution in [3.8, 4) is 22.9 Å². The molecule has 1 saturated heterocycles. The summed E-state index contributed by atoms with van der Waals surface area (Å²) in [6.07, 6.45) is 9.15. The Kier molecular flexibility index (Phi) is 5.80. The van der Waals surface area contributed by atoms with Crippen LogP contribution in [0.2, 0.25) is 5.02 Å². The van der Waals surface area contributed by atoms with Crippen LogP contribution in [0.4, 0.5) is 5.69 Å². The van der Waals surface area contributed by atoms with E-state index in [2.05, 4.69) is 42.6 Å². The van der Waals surface area contributed by atoms with Gasteiger partial charge in [0.1, 0.15) is 11.2 Å². The smallest absolute Gasteiger partial charge is 0.371 e. The second-order valence-electron chi connectivity index (χ2n) is 9.93. The summed E-state index contributed by atoms with van der Waals surface area (Å²) in [4.78, 5) is 30.6. The fourth-order valence-corrected chi connectivity index (χ4v) is 5.64. The minimum atomic E-state index is -0.652. The van der Waals surface area contributed by atoms with Crippen molar-refractivity contribution in [2.45, 2.75) is 52.0 Å². The maximum atomic E-state index is 11.6. The molecule has 1 aliphatic heterocycles. The Morgan fingerprint density at radius 2 is 1.91 bits per heavy atom. The molecule has 3 aromatic heterocycles. The quantitative estimate of drug-likeness (QED) is 0.420. The van der Waals surface area contributed by atoms with E-state index in [1.807, 2.05) is 18.5 Å². The third-order valence-corrected chi connectivity index (χ3v) is 7.56. The summed E-state index contributed by atoms with van der Waals surface area (Å²) in [7, 11) is 0. The van der Waals surface area contributed by atoms with Gasteiger partial charge >= 0.3 is 5.76 Å². The monoisotopic (exact) mass is 493 g/mol. The lowest BCUT2D eigenvalue weighted by molar-refractivity contribution is 0.266. The fraction of sp³-hybridized carbons (Fsp3) is 0.480. The van der Waals surface area contributed by atoms with E-state index in [1.165, 1.54) is 38.5 Å². The molecule has 1 N–H and O–H groups in total. The van der Waals surface area contributed by atoms with E-state index >= 15 is 0 Å². The molecule has 0 radical (unpaired) electrons. The molecule has 10 heteroatoms. The molecule has 2 aliphatic rings. The maximum Gasteiger partial charge on any atom is 0.439 e. The van der Waals surface area contributed by atoms with Gasteiger partial charge in [-0.25, -0.2) is 19.7 Å². The first-order valence-corrected chi connectivity index (χ1v) is 12.8. The number of halogens is 1. The molecule has 2 fully saturated rings. The fourth-order valence-electron chi connectivity index (χ4n) is 5.41. The van der Waals surface area contributed by atoms with Crippen LogP contribution in [0.15, 0.2) is 33.8 Å². The van der Waals surface area contributed by atoms with Gasteiger partial charge in [-0.05, 0) is 55.7 Å². The first-order valence-electron chi connectivity index (χ1n) is 12.4. The van der Waals surface area contributed by atoms with Crippen molar-refractivity contribution in [3.63, 3.8) is 0 Å². The Morgan fingerprint density at radius 1 is 1.11 bits per heavy atom. The highest BCUT2D eigenvalue weighted by Crippen LogP contribution is 2.35. The first kappa shape index (κ1) is 22.3. The lowest BCUT2D eigenvalue weighted by Crippen LogP contribution is -2.18. The average Bonchev–Trinajstić information content (AvgIpc) is 3.61. The molecule has 4 heterocycles. The molecule has 182 valence electrons. The standard InChI is InChI=1S/C25H28ClN7O2/c1-15-4-6-16(7-5-15)13-33-14-27-22-21(33)20(28-23(29-22)24-30-25(34)35-31-24)17-10-18(26)12-19(11-17)32-8-2-3-9-32/h10-12,14-16H,2-9,13H2,1H3,(H,30,31,34)/t15-,16-. The molecule has 0 bridgehead atoms. The summed E-state index contributed by atoms with van der Waals surface area (Å²) in [5.41, 5.74) is 4.12. The number of aromatic amines is 1. The molecule has 0 spiro atoms. The summed E-state index contributed by atoms with van der Waals surface area (Å²) in [5, 5.41) is 4.45. The van der Waals surface area contributed by atoms with Crippen LogP contribution in [0, 0.1) is 11.8 Å². The molecule has 0 atom stereocenters. The number of rotatable bonds is 5. The van der Waals surface area contributed by atoms with Crippen LogP contribution in [-0.4, -0.2) is 42.7 Å². The minimum absolute atomic E-state index is 0.177. The van der Waals surface area contributed by atoms with Crippen molar-refractivity contribution < 1.29 is 4.52 Å². The molecule has 4 aromatic rings. The zero-order chi connectivity index (χ0) is 23.9. The third-order valence-electron chi connectivity index (χ3n) is 7.34. The highest BCUT2D eigenvalue weighted by Gasteiger charge is 2.23. The molecule has 9 nitrogen and oxygen atoms in total. The predicted octanol–water partition coefficient (Wildman–Crippen LogP) is 4.92. The van der Waals surface area contributed by atoms with Crippen molar-refractivity contribution >= 4 is 28.5 Å². The van der Waals surface area contributed by atoms with Crippen LogP contribution in [0.1, 0.15) is 45.4 Å². The van der Waals surface area contributed by atoms with Gasteiger partial charge in [0.05, 0.1) is 6.33 Å². The Morgan fingerprint density at radius 3 is 2.66 bits per heavy atom. The van der Waals surface area contributed by atoms with E-state index in [0.29, 0.717) is 16.6 Å². The van der Waals surface area contributed by atoms with Gasteiger partial charge in [0.2, 0.25) is 11.6 Å². The number of imidazole rings is 1. The largest absolute Gasteiger partial charge is 0.439 e. The Labute approximate surface area is 207 Å². The van der Waals surface area contributed by atoms with Crippen LogP contribution in [0.25, 0.3) is 34.1 Å². The molecule has 1 aliphatic carbocycles. The number of nitrogens with one attached hydrogen (secondary N) is 1. The second kappa shape index (κ2) is 9.11. The van der Waals surface area contributed by atoms with Crippen molar-refractivity contribution in [2.24, 2.45) is 11.8 Å². The molecule has 0 unspecified atom stereocenters.